The van der Waals surface area contributed by atoms with Crippen molar-refractivity contribution < 1.29 is 4.74 Å². The molecule has 5 rings (SSSR count). The molecule has 0 saturated carbocycles. The van der Waals surface area contributed by atoms with Crippen LogP contribution in [0.4, 0.5) is 5.82 Å². The third-order valence-corrected chi connectivity index (χ3v) is 4.89. The summed E-state index contributed by atoms with van der Waals surface area (Å²) < 4.78 is 5.52. The van der Waals surface area contributed by atoms with Crippen molar-refractivity contribution in [2.24, 2.45) is 0 Å². The van der Waals surface area contributed by atoms with Gasteiger partial charge in [-0.15, -0.1) is 0 Å². The Morgan fingerprint density at radius 2 is 1.42 bits per heavy atom. The molecule has 24 heavy (non-hydrogen) atoms. The highest BCUT2D eigenvalue weighted by molar-refractivity contribution is 6.17. The average Bonchev–Trinajstić information content (AvgIpc) is 2.67. The Labute approximate surface area is 140 Å². The summed E-state index contributed by atoms with van der Waals surface area (Å²) in [5.41, 5.74) is 1.09. The lowest BCUT2D eigenvalue weighted by molar-refractivity contribution is 0.122. The van der Waals surface area contributed by atoms with Crippen molar-refractivity contribution in [3.05, 3.63) is 60.7 Å². The molecule has 1 aliphatic rings. The van der Waals surface area contributed by atoms with Crippen molar-refractivity contribution in [1.82, 2.24) is 4.98 Å². The molecule has 4 aromatic rings. The number of hydrogen-bond acceptors (Lipinski definition) is 3. The van der Waals surface area contributed by atoms with Crippen LogP contribution >= 0.6 is 0 Å². The fourth-order valence-electron chi connectivity index (χ4n) is 3.69. The van der Waals surface area contributed by atoms with E-state index in [1.54, 1.807) is 0 Å². The van der Waals surface area contributed by atoms with Crippen molar-refractivity contribution in [1.29, 1.82) is 0 Å². The summed E-state index contributed by atoms with van der Waals surface area (Å²) in [6, 6.07) is 21.5. The second kappa shape index (κ2) is 5.46. The number of anilines is 1. The number of nitrogens with zero attached hydrogens (tertiary/aromatic N) is 2. The number of fused-ring (bicyclic) bond motifs is 5. The van der Waals surface area contributed by atoms with E-state index in [1.807, 2.05) is 0 Å². The number of rotatable bonds is 1. The minimum atomic E-state index is 0.767. The van der Waals surface area contributed by atoms with E-state index in [0.29, 0.717) is 0 Å². The third kappa shape index (κ3) is 2.05. The van der Waals surface area contributed by atoms with Crippen LogP contribution in [0.1, 0.15) is 0 Å². The van der Waals surface area contributed by atoms with Gasteiger partial charge >= 0.3 is 0 Å². The zero-order valence-electron chi connectivity index (χ0n) is 13.4. The van der Waals surface area contributed by atoms with Crippen LogP contribution in [-0.4, -0.2) is 31.3 Å². The Morgan fingerprint density at radius 3 is 2.25 bits per heavy atom. The van der Waals surface area contributed by atoms with Gasteiger partial charge in [0.1, 0.15) is 5.82 Å². The predicted octanol–water partition coefficient (Wildman–Crippen LogP) is 4.38. The Morgan fingerprint density at radius 1 is 0.708 bits per heavy atom. The minimum Gasteiger partial charge on any atom is -0.378 e. The second-order valence-electron chi connectivity index (χ2n) is 6.26. The Kier molecular flexibility index (Phi) is 3.13. The maximum absolute atomic E-state index is 5.52. The molecule has 0 bridgehead atoms. The number of pyridine rings is 1. The molecule has 0 radical (unpaired) electrons. The quantitative estimate of drug-likeness (QED) is 0.488. The van der Waals surface area contributed by atoms with Gasteiger partial charge in [0.05, 0.1) is 18.7 Å². The van der Waals surface area contributed by atoms with Gasteiger partial charge in [-0.2, -0.15) is 0 Å². The highest BCUT2D eigenvalue weighted by Crippen LogP contribution is 2.34. The summed E-state index contributed by atoms with van der Waals surface area (Å²) in [6.45, 7) is 3.33. The van der Waals surface area contributed by atoms with Gasteiger partial charge in [0.15, 0.2) is 0 Å². The maximum atomic E-state index is 5.52. The largest absolute Gasteiger partial charge is 0.378 e. The van der Waals surface area contributed by atoms with E-state index in [-0.39, 0.29) is 0 Å². The molecule has 1 fully saturated rings. The van der Waals surface area contributed by atoms with Gasteiger partial charge in [0.2, 0.25) is 0 Å². The summed E-state index contributed by atoms with van der Waals surface area (Å²) in [5, 5.41) is 6.18. The highest BCUT2D eigenvalue weighted by Gasteiger charge is 2.17. The maximum Gasteiger partial charge on any atom is 0.137 e. The van der Waals surface area contributed by atoms with Crippen LogP contribution in [0.3, 0.4) is 0 Å². The van der Waals surface area contributed by atoms with Gasteiger partial charge in [-0.05, 0) is 10.8 Å². The molecule has 0 spiro atoms. The standard InChI is InChI=1S/C21H18N2O/c1-2-6-16-15(5-1)9-10-18-17-7-3-4-8-19(17)21(22-20(16)18)23-11-13-24-14-12-23/h1-10H,11-14H2. The van der Waals surface area contributed by atoms with Crippen LogP contribution in [0.15, 0.2) is 60.7 Å². The van der Waals surface area contributed by atoms with Gasteiger partial charge in [-0.3, -0.25) is 0 Å². The first-order valence-electron chi connectivity index (χ1n) is 8.45. The highest BCUT2D eigenvalue weighted by atomic mass is 16.5. The molecule has 2 heterocycles. The molecule has 118 valence electrons. The Bertz CT molecular complexity index is 1050. The number of ether oxygens (including phenoxy) is 1. The molecule has 1 saturated heterocycles. The van der Waals surface area contributed by atoms with Crippen LogP contribution in [0.2, 0.25) is 0 Å². The Hall–Kier alpha value is -2.65. The third-order valence-electron chi connectivity index (χ3n) is 4.89. The first kappa shape index (κ1) is 13.8. The smallest absolute Gasteiger partial charge is 0.137 e. The van der Waals surface area contributed by atoms with E-state index in [2.05, 4.69) is 65.6 Å². The van der Waals surface area contributed by atoms with E-state index in [0.717, 1.165) is 37.6 Å². The molecule has 0 atom stereocenters. The molecular formula is C21H18N2O. The zero-order valence-corrected chi connectivity index (χ0v) is 13.4. The molecule has 0 N–H and O–H groups in total. The summed E-state index contributed by atoms with van der Waals surface area (Å²) >= 11 is 0. The summed E-state index contributed by atoms with van der Waals surface area (Å²) in [4.78, 5) is 7.48. The molecule has 0 amide bonds. The molecular weight excluding hydrogens is 296 g/mol. The van der Waals surface area contributed by atoms with Gasteiger partial charge in [0.25, 0.3) is 0 Å². The van der Waals surface area contributed by atoms with Crippen molar-refractivity contribution in [2.45, 2.75) is 0 Å². The fraction of sp³-hybridized carbons (Fsp3) is 0.190. The van der Waals surface area contributed by atoms with E-state index < -0.39 is 0 Å². The summed E-state index contributed by atoms with van der Waals surface area (Å²) in [6.07, 6.45) is 0. The van der Waals surface area contributed by atoms with E-state index in [4.69, 9.17) is 9.72 Å². The average molecular weight is 314 g/mol. The van der Waals surface area contributed by atoms with Crippen LogP contribution in [-0.2, 0) is 4.74 Å². The topological polar surface area (TPSA) is 25.4 Å². The molecule has 1 aromatic heterocycles. The monoisotopic (exact) mass is 314 g/mol. The number of aromatic nitrogens is 1. The molecule has 0 unspecified atom stereocenters. The second-order valence-corrected chi connectivity index (χ2v) is 6.26. The molecule has 1 aliphatic heterocycles. The van der Waals surface area contributed by atoms with Crippen molar-refractivity contribution in [3.8, 4) is 0 Å². The first-order valence-corrected chi connectivity index (χ1v) is 8.45. The van der Waals surface area contributed by atoms with Crippen molar-refractivity contribution in [2.75, 3.05) is 31.2 Å². The summed E-state index contributed by atoms with van der Waals surface area (Å²) in [7, 11) is 0. The number of hydrogen-bond donors (Lipinski definition) is 0. The van der Waals surface area contributed by atoms with Gasteiger partial charge < -0.3 is 9.64 Å². The van der Waals surface area contributed by atoms with Gasteiger partial charge in [-0.1, -0.05) is 60.7 Å². The van der Waals surface area contributed by atoms with Crippen molar-refractivity contribution in [3.63, 3.8) is 0 Å². The SMILES string of the molecule is c1ccc2c(c1)ccc1c3ccccc3c(N3CCOCC3)nc21. The van der Waals surface area contributed by atoms with Crippen LogP contribution in [0.5, 0.6) is 0 Å². The van der Waals surface area contributed by atoms with Crippen LogP contribution in [0, 0.1) is 0 Å². The lowest BCUT2D eigenvalue weighted by Gasteiger charge is -2.29. The van der Waals surface area contributed by atoms with Crippen molar-refractivity contribution >= 4 is 38.3 Å². The number of benzene rings is 3. The molecule has 3 heteroatoms. The first-order chi connectivity index (χ1) is 11.9. The van der Waals surface area contributed by atoms with Gasteiger partial charge in [-0.25, -0.2) is 4.98 Å². The van der Waals surface area contributed by atoms with Gasteiger partial charge in [0, 0.05) is 29.2 Å². The van der Waals surface area contributed by atoms with E-state index in [9.17, 15) is 0 Å². The number of morpholine rings is 1. The normalized spacial score (nSPS) is 15.4. The predicted molar refractivity (Wildman–Crippen MR) is 99.8 cm³/mol. The van der Waals surface area contributed by atoms with E-state index in [1.165, 1.54) is 26.9 Å². The van der Waals surface area contributed by atoms with Crippen LogP contribution < -0.4 is 4.90 Å². The van der Waals surface area contributed by atoms with Crippen LogP contribution in [0.25, 0.3) is 32.4 Å². The summed E-state index contributed by atoms with van der Waals surface area (Å²) in [5.74, 6) is 1.08. The molecule has 3 nitrogen and oxygen atoms in total. The van der Waals surface area contributed by atoms with E-state index >= 15 is 0 Å². The molecule has 0 aliphatic carbocycles. The minimum absolute atomic E-state index is 0.767. The lowest BCUT2D eigenvalue weighted by Crippen LogP contribution is -2.36. The Balaban J connectivity index is 1.90. The zero-order chi connectivity index (χ0) is 15.9. The lowest BCUT2D eigenvalue weighted by atomic mass is 10.0. The molecule has 3 aromatic carbocycles. The fourth-order valence-corrected chi connectivity index (χ4v) is 3.69.